The number of nitrogens with zero attached hydrogens (tertiary/aromatic N) is 2. The highest BCUT2D eigenvalue weighted by molar-refractivity contribution is 5.75. The third-order valence-electron chi connectivity index (χ3n) is 3.77. The summed E-state index contributed by atoms with van der Waals surface area (Å²) in [6.45, 7) is 7.59. The number of rotatable bonds is 8. The van der Waals surface area contributed by atoms with E-state index in [2.05, 4.69) is 10.4 Å². The van der Waals surface area contributed by atoms with Crippen molar-refractivity contribution >= 4 is 12.1 Å². The maximum Gasteiger partial charge on any atom is 0.407 e. The summed E-state index contributed by atoms with van der Waals surface area (Å²) in [5.41, 5.74) is 1.22. The standard InChI is InChI=1S/C20H27N3O6/c1-19(2,3)29-18(26)21-10-5-11-23-13-15(12-22-23)14-6-8-16(9-7-14)28-20(4,27)17(24)25/h6-9,12-13,27H,5,10-11H2,1-4H3,(H,21,26)(H,24,25). The quantitative estimate of drug-likeness (QED) is 0.456. The first-order valence-corrected chi connectivity index (χ1v) is 9.21. The molecule has 9 heteroatoms. The van der Waals surface area contributed by atoms with Gasteiger partial charge in [0.1, 0.15) is 11.4 Å². The number of aryl methyl sites for hydroxylation is 1. The van der Waals surface area contributed by atoms with Gasteiger partial charge in [0.25, 0.3) is 0 Å². The van der Waals surface area contributed by atoms with Crippen LogP contribution in [0.2, 0.25) is 0 Å². The molecule has 1 atom stereocenters. The van der Waals surface area contributed by atoms with Gasteiger partial charge < -0.3 is 25.0 Å². The Balaban J connectivity index is 1.85. The third kappa shape index (κ3) is 7.11. The summed E-state index contributed by atoms with van der Waals surface area (Å²) >= 11 is 0. The summed E-state index contributed by atoms with van der Waals surface area (Å²) in [5.74, 6) is -3.52. The normalized spacial score (nSPS) is 13.4. The first-order valence-electron chi connectivity index (χ1n) is 9.21. The molecule has 0 aliphatic heterocycles. The Hall–Kier alpha value is -3.07. The van der Waals surface area contributed by atoms with Gasteiger partial charge in [0, 0.05) is 31.8 Å². The molecule has 3 N–H and O–H groups in total. The Kier molecular flexibility index (Phi) is 6.86. The van der Waals surface area contributed by atoms with E-state index in [1.807, 2.05) is 27.0 Å². The van der Waals surface area contributed by atoms with Gasteiger partial charge in [-0.05, 0) is 44.9 Å². The fraction of sp³-hybridized carbons (Fsp3) is 0.450. The predicted octanol–water partition coefficient (Wildman–Crippen LogP) is 2.64. The zero-order chi connectivity index (χ0) is 21.7. The van der Waals surface area contributed by atoms with Crippen molar-refractivity contribution in [3.8, 4) is 16.9 Å². The number of aliphatic carboxylic acids is 1. The fourth-order valence-corrected chi connectivity index (χ4v) is 2.37. The zero-order valence-electron chi connectivity index (χ0n) is 17.0. The molecule has 0 bridgehead atoms. The van der Waals surface area contributed by atoms with Crippen LogP contribution in [0.25, 0.3) is 11.1 Å². The van der Waals surface area contributed by atoms with Crippen LogP contribution in [-0.4, -0.2) is 50.0 Å². The number of alkyl carbamates (subject to hydrolysis) is 1. The lowest BCUT2D eigenvalue weighted by Crippen LogP contribution is -2.41. The highest BCUT2D eigenvalue weighted by Gasteiger charge is 2.32. The highest BCUT2D eigenvalue weighted by Crippen LogP contribution is 2.24. The lowest BCUT2D eigenvalue weighted by molar-refractivity contribution is -0.188. The van der Waals surface area contributed by atoms with Crippen molar-refractivity contribution in [2.24, 2.45) is 0 Å². The number of benzene rings is 1. The number of carbonyl (C=O) groups is 2. The van der Waals surface area contributed by atoms with E-state index in [0.29, 0.717) is 19.5 Å². The molecule has 0 spiro atoms. The number of carbonyl (C=O) groups excluding carboxylic acids is 1. The number of hydrogen-bond acceptors (Lipinski definition) is 6. The predicted molar refractivity (Wildman–Crippen MR) is 105 cm³/mol. The Morgan fingerprint density at radius 1 is 1.14 bits per heavy atom. The largest absolute Gasteiger partial charge is 0.476 e. The van der Waals surface area contributed by atoms with Crippen LogP contribution in [0.3, 0.4) is 0 Å². The van der Waals surface area contributed by atoms with E-state index in [-0.39, 0.29) is 5.75 Å². The van der Waals surface area contributed by atoms with Gasteiger partial charge >= 0.3 is 17.8 Å². The van der Waals surface area contributed by atoms with Crippen LogP contribution in [0, 0.1) is 0 Å². The second kappa shape index (κ2) is 8.95. The van der Waals surface area contributed by atoms with Gasteiger partial charge in [0.2, 0.25) is 0 Å². The van der Waals surface area contributed by atoms with E-state index in [1.165, 1.54) is 0 Å². The summed E-state index contributed by atoms with van der Waals surface area (Å²) < 4.78 is 12.0. The maximum atomic E-state index is 11.6. The molecule has 0 saturated heterocycles. The average Bonchev–Trinajstić information content (AvgIpc) is 3.06. The van der Waals surface area contributed by atoms with Gasteiger partial charge in [-0.15, -0.1) is 0 Å². The van der Waals surface area contributed by atoms with E-state index in [1.54, 1.807) is 35.1 Å². The smallest absolute Gasteiger partial charge is 0.407 e. The van der Waals surface area contributed by atoms with Crippen LogP contribution in [0.4, 0.5) is 4.79 Å². The summed E-state index contributed by atoms with van der Waals surface area (Å²) in [6, 6.07) is 6.65. The minimum atomic E-state index is -2.29. The first kappa shape index (κ1) is 22.2. The summed E-state index contributed by atoms with van der Waals surface area (Å²) in [4.78, 5) is 22.5. The molecule has 158 valence electrons. The summed E-state index contributed by atoms with van der Waals surface area (Å²) in [6.07, 6.45) is 3.83. The van der Waals surface area contributed by atoms with Crippen LogP contribution in [0.1, 0.15) is 34.1 Å². The van der Waals surface area contributed by atoms with Gasteiger partial charge in [-0.25, -0.2) is 9.59 Å². The molecule has 1 unspecified atom stereocenters. The number of nitrogens with one attached hydrogen (secondary N) is 1. The van der Waals surface area contributed by atoms with E-state index in [0.717, 1.165) is 18.1 Å². The molecule has 2 aromatic rings. The Labute approximate surface area is 169 Å². The average molecular weight is 405 g/mol. The molecule has 9 nitrogen and oxygen atoms in total. The first-order chi connectivity index (χ1) is 13.5. The molecule has 1 amide bonds. The van der Waals surface area contributed by atoms with Crippen LogP contribution >= 0.6 is 0 Å². The summed E-state index contributed by atoms with van der Waals surface area (Å²) in [7, 11) is 0. The van der Waals surface area contributed by atoms with Crippen molar-refractivity contribution in [2.75, 3.05) is 6.54 Å². The number of ether oxygens (including phenoxy) is 2. The molecule has 0 aliphatic rings. The molecule has 0 saturated carbocycles. The second-order valence-corrected chi connectivity index (χ2v) is 7.69. The maximum absolute atomic E-state index is 11.6. The Morgan fingerprint density at radius 3 is 2.38 bits per heavy atom. The number of carboxylic acid groups (broad SMARTS) is 1. The number of carboxylic acids is 1. The van der Waals surface area contributed by atoms with Crippen LogP contribution in [0.15, 0.2) is 36.7 Å². The summed E-state index contributed by atoms with van der Waals surface area (Å²) in [5, 5.41) is 25.5. The molecule has 1 aromatic carbocycles. The fourth-order valence-electron chi connectivity index (χ4n) is 2.37. The van der Waals surface area contributed by atoms with Crippen LogP contribution < -0.4 is 10.1 Å². The van der Waals surface area contributed by atoms with Gasteiger partial charge in [-0.2, -0.15) is 5.10 Å². The number of hydrogen-bond donors (Lipinski definition) is 3. The number of aliphatic hydroxyl groups is 1. The molecule has 2 rings (SSSR count). The van der Waals surface area contributed by atoms with Crippen molar-refractivity contribution in [1.29, 1.82) is 0 Å². The van der Waals surface area contributed by atoms with E-state index >= 15 is 0 Å². The van der Waals surface area contributed by atoms with Gasteiger partial charge in [0.05, 0.1) is 6.20 Å². The SMILES string of the molecule is CC(C)(C)OC(=O)NCCCn1cc(-c2ccc(OC(C)(O)C(=O)O)cc2)cn1. The molecule has 0 radical (unpaired) electrons. The minimum Gasteiger partial charge on any atom is -0.476 e. The van der Waals surface area contributed by atoms with Crippen molar-refractivity contribution in [3.63, 3.8) is 0 Å². The lowest BCUT2D eigenvalue weighted by atomic mass is 10.1. The minimum absolute atomic E-state index is 0.238. The van der Waals surface area contributed by atoms with E-state index < -0.39 is 23.5 Å². The highest BCUT2D eigenvalue weighted by atomic mass is 16.6. The van der Waals surface area contributed by atoms with Crippen LogP contribution in [-0.2, 0) is 16.1 Å². The van der Waals surface area contributed by atoms with Gasteiger partial charge in [-0.1, -0.05) is 12.1 Å². The van der Waals surface area contributed by atoms with Crippen molar-refractivity contribution in [2.45, 2.75) is 52.0 Å². The van der Waals surface area contributed by atoms with E-state index in [9.17, 15) is 14.7 Å². The molecule has 29 heavy (non-hydrogen) atoms. The van der Waals surface area contributed by atoms with Crippen molar-refractivity contribution in [1.82, 2.24) is 15.1 Å². The Bertz CT molecular complexity index is 837. The molecule has 1 aromatic heterocycles. The van der Waals surface area contributed by atoms with Gasteiger partial charge in [-0.3, -0.25) is 4.68 Å². The molecular weight excluding hydrogens is 378 g/mol. The molecule has 1 heterocycles. The van der Waals surface area contributed by atoms with Crippen molar-refractivity contribution in [3.05, 3.63) is 36.7 Å². The molecule has 0 fully saturated rings. The number of amides is 1. The third-order valence-corrected chi connectivity index (χ3v) is 3.77. The van der Waals surface area contributed by atoms with Crippen LogP contribution in [0.5, 0.6) is 5.75 Å². The molecule has 0 aliphatic carbocycles. The van der Waals surface area contributed by atoms with E-state index in [4.69, 9.17) is 14.6 Å². The van der Waals surface area contributed by atoms with Crippen molar-refractivity contribution < 1.29 is 29.3 Å². The zero-order valence-corrected chi connectivity index (χ0v) is 17.0. The molecular formula is C20H27N3O6. The van der Waals surface area contributed by atoms with Gasteiger partial charge in [0.15, 0.2) is 0 Å². The lowest BCUT2D eigenvalue weighted by Gasteiger charge is -2.19. The number of aromatic nitrogens is 2. The Morgan fingerprint density at radius 2 is 1.79 bits per heavy atom. The topological polar surface area (TPSA) is 123 Å². The monoisotopic (exact) mass is 405 g/mol. The second-order valence-electron chi connectivity index (χ2n) is 7.69.